The molecule has 8 nitrogen and oxygen atoms in total. The molecule has 0 saturated carbocycles. The highest BCUT2D eigenvalue weighted by molar-refractivity contribution is 5.69. The number of ether oxygens (including phenoxy) is 1. The van der Waals surface area contributed by atoms with E-state index in [0.717, 1.165) is 43.1 Å². The summed E-state index contributed by atoms with van der Waals surface area (Å²) in [6.45, 7) is 5.84. The molecule has 1 aliphatic carbocycles. The van der Waals surface area contributed by atoms with Crippen molar-refractivity contribution in [2.24, 2.45) is 0 Å². The third-order valence-corrected chi connectivity index (χ3v) is 6.01. The van der Waals surface area contributed by atoms with Crippen molar-refractivity contribution in [2.75, 3.05) is 37.6 Å². The zero-order valence-corrected chi connectivity index (χ0v) is 17.9. The summed E-state index contributed by atoms with van der Waals surface area (Å²) >= 11 is 0. The molecule has 8 heteroatoms. The third-order valence-electron chi connectivity index (χ3n) is 6.01. The molecule has 1 aliphatic heterocycles. The second-order valence-corrected chi connectivity index (χ2v) is 8.04. The highest BCUT2D eigenvalue weighted by Gasteiger charge is 2.28. The number of allylic oxidation sites excluding steroid dienone is 2. The number of anilines is 1. The van der Waals surface area contributed by atoms with E-state index in [1.54, 1.807) is 13.1 Å². The van der Waals surface area contributed by atoms with Crippen LogP contribution in [-0.4, -0.2) is 69.5 Å². The normalized spacial score (nSPS) is 17.4. The molecule has 2 N–H and O–H groups in total. The minimum atomic E-state index is -0.465. The molecule has 0 bridgehead atoms. The topological polar surface area (TPSA) is 91.1 Å². The van der Waals surface area contributed by atoms with Crippen LogP contribution in [0, 0.1) is 0 Å². The first-order valence-electron chi connectivity index (χ1n) is 10.9. The maximum absolute atomic E-state index is 12.1. The zero-order chi connectivity index (χ0) is 21.8. The standard InChI is InChI=1S/C23H30N4O4/c1-2-21(28)31-17(16-27-22(29)18-7-3-4-8-19(18)23(27)30)15-25-11-13-26(14-12-25)20-9-5-6-10-24-20/h3-6,9-10,17,29-30H,2,7-8,11-16H2,1H3. The summed E-state index contributed by atoms with van der Waals surface area (Å²) in [5.41, 5.74) is 1.51. The van der Waals surface area contributed by atoms with Gasteiger partial charge in [0.05, 0.1) is 6.54 Å². The van der Waals surface area contributed by atoms with E-state index < -0.39 is 6.10 Å². The number of aromatic hydroxyl groups is 2. The number of hydrogen-bond acceptors (Lipinski definition) is 7. The lowest BCUT2D eigenvalue weighted by molar-refractivity contribution is -0.150. The van der Waals surface area contributed by atoms with Crippen molar-refractivity contribution in [3.05, 3.63) is 47.7 Å². The second-order valence-electron chi connectivity index (χ2n) is 8.04. The lowest BCUT2D eigenvalue weighted by atomic mass is 10.0. The number of rotatable bonds is 7. The van der Waals surface area contributed by atoms with Crippen molar-refractivity contribution in [3.8, 4) is 11.8 Å². The number of nitrogens with zero attached hydrogens (tertiary/aromatic N) is 4. The van der Waals surface area contributed by atoms with Crippen molar-refractivity contribution in [2.45, 2.75) is 38.8 Å². The Morgan fingerprint density at radius 1 is 1.06 bits per heavy atom. The number of piperazine rings is 1. The number of fused-ring (bicyclic) bond motifs is 1. The van der Waals surface area contributed by atoms with Gasteiger partial charge in [-0.1, -0.05) is 25.1 Å². The SMILES string of the molecule is CCC(=O)OC(CN1CCN(c2ccccn2)CC1)Cn1c(O)c2c(c1O)CC=CC2. The van der Waals surface area contributed by atoms with Gasteiger partial charge in [0.2, 0.25) is 0 Å². The Labute approximate surface area is 182 Å². The lowest BCUT2D eigenvalue weighted by Crippen LogP contribution is -2.49. The summed E-state index contributed by atoms with van der Waals surface area (Å²) in [6, 6.07) is 5.90. The second kappa shape index (κ2) is 9.43. The minimum Gasteiger partial charge on any atom is -0.494 e. The average molecular weight is 427 g/mol. The molecule has 4 rings (SSSR count). The summed E-state index contributed by atoms with van der Waals surface area (Å²) in [5, 5.41) is 21.3. The van der Waals surface area contributed by atoms with Crippen LogP contribution >= 0.6 is 0 Å². The summed E-state index contributed by atoms with van der Waals surface area (Å²) in [5.74, 6) is 0.816. The molecule has 166 valence electrons. The number of pyridine rings is 1. The molecule has 2 aromatic heterocycles. The van der Waals surface area contributed by atoms with Crippen LogP contribution in [0.5, 0.6) is 11.8 Å². The van der Waals surface area contributed by atoms with Gasteiger partial charge in [0.25, 0.3) is 0 Å². The molecule has 1 unspecified atom stereocenters. The average Bonchev–Trinajstić information content (AvgIpc) is 3.05. The summed E-state index contributed by atoms with van der Waals surface area (Å²) < 4.78 is 7.18. The predicted molar refractivity (Wildman–Crippen MR) is 117 cm³/mol. The molecule has 0 radical (unpaired) electrons. The van der Waals surface area contributed by atoms with Crippen LogP contribution in [0.4, 0.5) is 5.82 Å². The molecular formula is C23H30N4O4. The Kier molecular flexibility index (Phi) is 6.46. The van der Waals surface area contributed by atoms with Gasteiger partial charge < -0.3 is 19.8 Å². The maximum Gasteiger partial charge on any atom is 0.305 e. The van der Waals surface area contributed by atoms with E-state index in [9.17, 15) is 15.0 Å². The Hall–Kier alpha value is -3.00. The van der Waals surface area contributed by atoms with E-state index in [1.807, 2.05) is 30.4 Å². The smallest absolute Gasteiger partial charge is 0.305 e. The Bertz CT molecular complexity index is 901. The zero-order valence-electron chi connectivity index (χ0n) is 17.9. The number of aromatic nitrogens is 2. The lowest BCUT2D eigenvalue weighted by Gasteiger charge is -2.36. The first-order valence-corrected chi connectivity index (χ1v) is 10.9. The van der Waals surface area contributed by atoms with E-state index >= 15 is 0 Å². The highest BCUT2D eigenvalue weighted by atomic mass is 16.5. The molecule has 2 aromatic rings. The maximum atomic E-state index is 12.1. The van der Waals surface area contributed by atoms with E-state index in [0.29, 0.717) is 19.4 Å². The van der Waals surface area contributed by atoms with Crippen molar-refractivity contribution in [1.29, 1.82) is 0 Å². The van der Waals surface area contributed by atoms with Crippen LogP contribution in [0.15, 0.2) is 36.5 Å². The molecule has 1 saturated heterocycles. The van der Waals surface area contributed by atoms with Crippen molar-refractivity contribution < 1.29 is 19.7 Å². The van der Waals surface area contributed by atoms with Gasteiger partial charge in [0.1, 0.15) is 11.9 Å². The van der Waals surface area contributed by atoms with Crippen molar-refractivity contribution in [1.82, 2.24) is 14.5 Å². The number of esters is 1. The molecule has 0 spiro atoms. The van der Waals surface area contributed by atoms with Crippen LogP contribution in [0.2, 0.25) is 0 Å². The van der Waals surface area contributed by atoms with Gasteiger partial charge in [-0.2, -0.15) is 0 Å². The van der Waals surface area contributed by atoms with Gasteiger partial charge in [0, 0.05) is 56.5 Å². The van der Waals surface area contributed by atoms with E-state index in [4.69, 9.17) is 4.74 Å². The van der Waals surface area contributed by atoms with E-state index in [-0.39, 0.29) is 30.7 Å². The first kappa shape index (κ1) is 21.2. The van der Waals surface area contributed by atoms with E-state index in [2.05, 4.69) is 14.8 Å². The summed E-state index contributed by atoms with van der Waals surface area (Å²) in [7, 11) is 0. The van der Waals surface area contributed by atoms with Gasteiger partial charge in [-0.15, -0.1) is 0 Å². The molecule has 1 atom stereocenters. The van der Waals surface area contributed by atoms with Crippen molar-refractivity contribution >= 4 is 11.8 Å². The largest absolute Gasteiger partial charge is 0.494 e. The van der Waals surface area contributed by atoms with Gasteiger partial charge in [-0.25, -0.2) is 4.98 Å². The van der Waals surface area contributed by atoms with Crippen LogP contribution in [0.25, 0.3) is 0 Å². The third kappa shape index (κ3) is 4.69. The summed E-state index contributed by atoms with van der Waals surface area (Å²) in [6.07, 6.45) is 6.78. The van der Waals surface area contributed by atoms with Gasteiger partial charge in [-0.3, -0.25) is 14.3 Å². The van der Waals surface area contributed by atoms with Gasteiger partial charge in [0.15, 0.2) is 11.8 Å². The minimum absolute atomic E-state index is 0.0642. The molecule has 0 aromatic carbocycles. The molecule has 3 heterocycles. The summed E-state index contributed by atoms with van der Waals surface area (Å²) in [4.78, 5) is 21.0. The number of carbonyl (C=O) groups excluding carboxylic acids is 1. The fourth-order valence-corrected chi connectivity index (χ4v) is 4.29. The monoisotopic (exact) mass is 426 g/mol. The van der Waals surface area contributed by atoms with E-state index in [1.165, 1.54) is 4.57 Å². The van der Waals surface area contributed by atoms with Crippen LogP contribution in [0.3, 0.4) is 0 Å². The fraction of sp³-hybridized carbons (Fsp3) is 0.478. The Morgan fingerprint density at radius 2 is 1.74 bits per heavy atom. The molecule has 31 heavy (non-hydrogen) atoms. The number of carbonyl (C=O) groups is 1. The Balaban J connectivity index is 1.43. The quantitative estimate of drug-likeness (QED) is 0.517. The van der Waals surface area contributed by atoms with Gasteiger partial charge in [-0.05, 0) is 25.0 Å². The molecular weight excluding hydrogens is 396 g/mol. The van der Waals surface area contributed by atoms with Crippen LogP contribution in [-0.2, 0) is 28.9 Å². The molecule has 2 aliphatic rings. The highest BCUT2D eigenvalue weighted by Crippen LogP contribution is 2.37. The Morgan fingerprint density at radius 3 is 2.32 bits per heavy atom. The van der Waals surface area contributed by atoms with Crippen LogP contribution < -0.4 is 4.90 Å². The molecule has 1 fully saturated rings. The predicted octanol–water partition coefficient (Wildman–Crippen LogP) is 2.09. The molecule has 0 amide bonds. The van der Waals surface area contributed by atoms with Crippen molar-refractivity contribution in [3.63, 3.8) is 0 Å². The first-order chi connectivity index (χ1) is 15.1. The van der Waals surface area contributed by atoms with Gasteiger partial charge >= 0.3 is 5.97 Å². The van der Waals surface area contributed by atoms with Crippen LogP contribution in [0.1, 0.15) is 24.5 Å². The number of hydrogen-bond donors (Lipinski definition) is 2. The fourth-order valence-electron chi connectivity index (χ4n) is 4.29.